The van der Waals surface area contributed by atoms with Crippen LogP contribution >= 0.6 is 0 Å². The van der Waals surface area contributed by atoms with Crippen LogP contribution in [0.3, 0.4) is 0 Å². The van der Waals surface area contributed by atoms with Crippen molar-refractivity contribution in [3.63, 3.8) is 0 Å². The highest BCUT2D eigenvalue weighted by Crippen LogP contribution is 2.17. The van der Waals surface area contributed by atoms with Gasteiger partial charge in [0, 0.05) is 19.3 Å². The van der Waals surface area contributed by atoms with Crippen LogP contribution in [0.5, 0.6) is 0 Å². The summed E-state index contributed by atoms with van der Waals surface area (Å²) in [6, 6.07) is 0. The summed E-state index contributed by atoms with van der Waals surface area (Å²) in [7, 11) is 0. The molecule has 426 valence electrons. The quantitative estimate of drug-likeness (QED) is 0.0199. The number of esters is 3. The maximum Gasteiger partial charge on any atom is 0.306 e. The van der Waals surface area contributed by atoms with E-state index in [2.05, 4.69) is 69.4 Å². The van der Waals surface area contributed by atoms with Gasteiger partial charge in [-0.3, -0.25) is 14.4 Å². The normalized spacial score (nSPS) is 12.3. The molecule has 0 saturated carbocycles. The molecule has 6 nitrogen and oxygen atoms in total. The molecule has 0 saturated heterocycles. The highest BCUT2D eigenvalue weighted by molar-refractivity contribution is 5.71. The fraction of sp³-hybridized carbons (Fsp3) is 0.836. The van der Waals surface area contributed by atoms with Crippen molar-refractivity contribution < 1.29 is 28.6 Å². The van der Waals surface area contributed by atoms with Crippen molar-refractivity contribution in [3.05, 3.63) is 48.6 Å². The molecule has 0 aliphatic carbocycles. The van der Waals surface area contributed by atoms with Crippen molar-refractivity contribution in [1.82, 2.24) is 0 Å². The van der Waals surface area contributed by atoms with Gasteiger partial charge in [-0.05, 0) is 70.6 Å². The largest absolute Gasteiger partial charge is 0.462 e. The first-order valence-corrected chi connectivity index (χ1v) is 32.2. The molecule has 0 N–H and O–H groups in total. The van der Waals surface area contributed by atoms with E-state index in [-0.39, 0.29) is 31.1 Å². The van der Waals surface area contributed by atoms with Crippen LogP contribution in [0.4, 0.5) is 0 Å². The molecule has 0 aliphatic rings. The molecule has 0 aromatic heterocycles. The second-order valence-corrected chi connectivity index (χ2v) is 21.7. The summed E-state index contributed by atoms with van der Waals surface area (Å²) in [5.74, 6) is -0.882. The minimum atomic E-state index is -0.785. The zero-order chi connectivity index (χ0) is 52.9. The third kappa shape index (κ3) is 60.1. The van der Waals surface area contributed by atoms with Crippen LogP contribution in [0, 0.1) is 0 Å². The van der Waals surface area contributed by atoms with Crippen LogP contribution < -0.4 is 0 Å². The minimum Gasteiger partial charge on any atom is -0.462 e. The number of hydrogen-bond acceptors (Lipinski definition) is 6. The molecule has 0 bridgehead atoms. The van der Waals surface area contributed by atoms with Gasteiger partial charge >= 0.3 is 17.9 Å². The Morgan fingerprint density at radius 1 is 0.274 bits per heavy atom. The maximum atomic E-state index is 12.9. The molecule has 0 aromatic carbocycles. The van der Waals surface area contributed by atoms with Crippen LogP contribution in [0.25, 0.3) is 0 Å². The average molecular weight is 1020 g/mol. The van der Waals surface area contributed by atoms with E-state index < -0.39 is 6.10 Å². The van der Waals surface area contributed by atoms with Crippen molar-refractivity contribution in [2.24, 2.45) is 0 Å². The molecular weight excluding hydrogens is 901 g/mol. The average Bonchev–Trinajstić information content (AvgIpc) is 3.39. The molecule has 73 heavy (non-hydrogen) atoms. The number of ether oxygens (including phenoxy) is 3. The molecule has 0 aromatic rings. The summed E-state index contributed by atoms with van der Waals surface area (Å²) < 4.78 is 16.9. The maximum absolute atomic E-state index is 12.9. The van der Waals surface area contributed by atoms with Gasteiger partial charge in [-0.2, -0.15) is 0 Å². The van der Waals surface area contributed by atoms with E-state index in [0.717, 1.165) is 77.0 Å². The van der Waals surface area contributed by atoms with Gasteiger partial charge in [0.25, 0.3) is 0 Å². The number of allylic oxidation sites excluding steroid dienone is 8. The van der Waals surface area contributed by atoms with Crippen molar-refractivity contribution in [3.8, 4) is 0 Å². The standard InChI is InChI=1S/C67H122O6/c1-4-7-10-13-16-19-22-25-28-31-34-37-39-42-45-48-51-54-57-60-66(69)72-63-64(73-67(70)61-58-55-52-49-46-43-40-36-33-30-27-24-21-18-15-12-9-6-3)62-71-65(68)59-56-53-50-47-44-41-38-35-32-29-26-23-20-17-14-11-8-5-2/h24,27,30-31,33-34,36,40,64H,4-23,25-26,28-29,32,35,37-39,41-63H2,1-3H3/b27-24-,33-30-,34-31-,40-36-. The summed E-state index contributed by atoms with van der Waals surface area (Å²) >= 11 is 0. The van der Waals surface area contributed by atoms with E-state index in [1.807, 2.05) is 0 Å². The molecule has 0 fully saturated rings. The van der Waals surface area contributed by atoms with Gasteiger partial charge in [-0.15, -0.1) is 0 Å². The number of unbranched alkanes of at least 4 members (excludes halogenated alkanes) is 42. The van der Waals surface area contributed by atoms with Crippen molar-refractivity contribution in [1.29, 1.82) is 0 Å². The zero-order valence-electron chi connectivity index (χ0n) is 48.9. The zero-order valence-corrected chi connectivity index (χ0v) is 48.9. The molecule has 0 spiro atoms. The summed E-state index contributed by atoms with van der Waals surface area (Å²) in [6.45, 7) is 6.66. The van der Waals surface area contributed by atoms with Gasteiger partial charge < -0.3 is 14.2 Å². The Bertz CT molecular complexity index is 1270. The third-order valence-electron chi connectivity index (χ3n) is 14.4. The fourth-order valence-electron chi connectivity index (χ4n) is 9.50. The topological polar surface area (TPSA) is 78.9 Å². The lowest BCUT2D eigenvalue weighted by molar-refractivity contribution is -0.167. The van der Waals surface area contributed by atoms with Crippen LogP contribution in [0.1, 0.15) is 342 Å². The van der Waals surface area contributed by atoms with Crippen molar-refractivity contribution >= 4 is 17.9 Å². The van der Waals surface area contributed by atoms with Crippen LogP contribution in [-0.4, -0.2) is 37.2 Å². The molecule has 6 heteroatoms. The second kappa shape index (κ2) is 61.9. The van der Waals surface area contributed by atoms with Crippen molar-refractivity contribution in [2.75, 3.05) is 13.2 Å². The predicted octanol–water partition coefficient (Wildman–Crippen LogP) is 21.8. The Morgan fingerprint density at radius 2 is 0.507 bits per heavy atom. The molecule has 0 heterocycles. The van der Waals surface area contributed by atoms with Crippen LogP contribution in [0.2, 0.25) is 0 Å². The Labute approximate surface area is 454 Å². The summed E-state index contributed by atoms with van der Waals surface area (Å²) in [6.07, 6.45) is 76.8. The number of rotatable bonds is 59. The van der Waals surface area contributed by atoms with Gasteiger partial charge in [-0.1, -0.05) is 301 Å². The monoisotopic (exact) mass is 1020 g/mol. The van der Waals surface area contributed by atoms with E-state index in [9.17, 15) is 14.4 Å². The Kier molecular flexibility index (Phi) is 59.7. The van der Waals surface area contributed by atoms with Crippen LogP contribution in [-0.2, 0) is 28.6 Å². The smallest absolute Gasteiger partial charge is 0.306 e. The Morgan fingerprint density at radius 3 is 0.795 bits per heavy atom. The van der Waals surface area contributed by atoms with E-state index in [0.29, 0.717) is 19.3 Å². The summed E-state index contributed by atoms with van der Waals surface area (Å²) in [5, 5.41) is 0. The molecule has 0 radical (unpaired) electrons. The highest BCUT2D eigenvalue weighted by Gasteiger charge is 2.19. The van der Waals surface area contributed by atoms with Gasteiger partial charge in [-0.25, -0.2) is 0 Å². The molecular formula is C67H122O6. The Hall–Kier alpha value is -2.63. The van der Waals surface area contributed by atoms with E-state index in [1.54, 1.807) is 0 Å². The number of carbonyl (C=O) groups excluding carboxylic acids is 3. The minimum absolute atomic E-state index is 0.0793. The first-order chi connectivity index (χ1) is 36.0. The lowest BCUT2D eigenvalue weighted by Crippen LogP contribution is -2.30. The van der Waals surface area contributed by atoms with E-state index >= 15 is 0 Å². The molecule has 0 aliphatic heterocycles. The van der Waals surface area contributed by atoms with Gasteiger partial charge in [0.05, 0.1) is 0 Å². The van der Waals surface area contributed by atoms with Crippen molar-refractivity contribution in [2.45, 2.75) is 348 Å². The summed E-state index contributed by atoms with van der Waals surface area (Å²) in [5.41, 5.74) is 0. The lowest BCUT2D eigenvalue weighted by Gasteiger charge is -2.18. The SMILES string of the molecule is CCCCCCC\C=C/C=C\C=C/CCCCCCCC(=O)OC(COC(=O)CCCCCCCCC/C=C\CCCCCCCCCC)COC(=O)CCCCCCCCCCCCCCCCCCCC. The lowest BCUT2D eigenvalue weighted by atomic mass is 10.0. The van der Waals surface area contributed by atoms with Crippen LogP contribution in [0.15, 0.2) is 48.6 Å². The van der Waals surface area contributed by atoms with E-state index in [4.69, 9.17) is 14.2 Å². The second-order valence-electron chi connectivity index (χ2n) is 21.7. The highest BCUT2D eigenvalue weighted by atomic mass is 16.6. The molecule has 0 amide bonds. The van der Waals surface area contributed by atoms with Gasteiger partial charge in [0.15, 0.2) is 6.10 Å². The fourth-order valence-corrected chi connectivity index (χ4v) is 9.50. The molecule has 1 unspecified atom stereocenters. The number of carbonyl (C=O) groups is 3. The molecule has 1 atom stereocenters. The predicted molar refractivity (Wildman–Crippen MR) is 316 cm³/mol. The van der Waals surface area contributed by atoms with E-state index in [1.165, 1.54) is 225 Å². The molecule has 0 rings (SSSR count). The third-order valence-corrected chi connectivity index (χ3v) is 14.4. The first-order valence-electron chi connectivity index (χ1n) is 32.2. The van der Waals surface area contributed by atoms with Gasteiger partial charge in [0.1, 0.15) is 13.2 Å². The Balaban J connectivity index is 4.38. The van der Waals surface area contributed by atoms with Gasteiger partial charge in [0.2, 0.25) is 0 Å². The summed E-state index contributed by atoms with van der Waals surface area (Å²) in [4.78, 5) is 38.3. The number of hydrogen-bond donors (Lipinski definition) is 0. The first kappa shape index (κ1) is 70.4.